The standard InChI is InChI=1S/C23H29N3O4S/c1-16-8-13-21(14-17(16)2)31(29,30)26-20-11-9-18(10-12-20)23(28)24-15-22(27)25-19-6-4-3-5-7-19/h8-14,19,26H,3-7,15H2,1-2H3,(H,24,28)(H,25,27). The Morgan fingerprint density at radius 3 is 2.26 bits per heavy atom. The second-order valence-corrected chi connectivity index (χ2v) is 9.70. The second-order valence-electron chi connectivity index (χ2n) is 8.01. The number of carbonyl (C=O) groups is 2. The van der Waals surface area contributed by atoms with E-state index in [2.05, 4.69) is 15.4 Å². The van der Waals surface area contributed by atoms with E-state index in [1.165, 1.54) is 30.7 Å². The Labute approximate surface area is 183 Å². The summed E-state index contributed by atoms with van der Waals surface area (Å²) in [6, 6.07) is 11.2. The van der Waals surface area contributed by atoms with E-state index in [1.54, 1.807) is 18.2 Å². The number of hydrogen-bond acceptors (Lipinski definition) is 4. The number of hydrogen-bond donors (Lipinski definition) is 3. The molecule has 8 heteroatoms. The molecule has 3 N–H and O–H groups in total. The van der Waals surface area contributed by atoms with Crippen LogP contribution in [0.4, 0.5) is 5.69 Å². The molecule has 0 radical (unpaired) electrons. The van der Waals surface area contributed by atoms with Gasteiger partial charge in [0.2, 0.25) is 5.91 Å². The van der Waals surface area contributed by atoms with Gasteiger partial charge in [0.05, 0.1) is 11.4 Å². The lowest BCUT2D eigenvalue weighted by Gasteiger charge is -2.22. The molecule has 0 spiro atoms. The van der Waals surface area contributed by atoms with Gasteiger partial charge in [-0.15, -0.1) is 0 Å². The van der Waals surface area contributed by atoms with E-state index in [0.29, 0.717) is 11.3 Å². The van der Waals surface area contributed by atoms with Crippen LogP contribution in [0.1, 0.15) is 53.6 Å². The minimum absolute atomic E-state index is 0.0868. The number of nitrogens with one attached hydrogen (secondary N) is 3. The third kappa shape index (κ3) is 6.30. The fraction of sp³-hybridized carbons (Fsp3) is 0.391. The molecule has 7 nitrogen and oxygen atoms in total. The fourth-order valence-corrected chi connectivity index (χ4v) is 4.72. The van der Waals surface area contributed by atoms with Crippen LogP contribution in [0.2, 0.25) is 0 Å². The van der Waals surface area contributed by atoms with Crippen molar-refractivity contribution in [1.29, 1.82) is 0 Å². The van der Waals surface area contributed by atoms with Gasteiger partial charge in [0.1, 0.15) is 0 Å². The molecule has 0 aromatic heterocycles. The number of benzene rings is 2. The van der Waals surface area contributed by atoms with Gasteiger partial charge in [-0.2, -0.15) is 0 Å². The zero-order valence-corrected chi connectivity index (χ0v) is 18.7. The summed E-state index contributed by atoms with van der Waals surface area (Å²) >= 11 is 0. The molecule has 166 valence electrons. The Kier molecular flexibility index (Phi) is 7.33. The molecule has 0 atom stereocenters. The molecule has 1 saturated carbocycles. The molecule has 2 amide bonds. The molecule has 0 bridgehead atoms. The summed E-state index contributed by atoms with van der Waals surface area (Å²) in [7, 11) is -3.72. The van der Waals surface area contributed by atoms with Gasteiger partial charge in [-0.3, -0.25) is 14.3 Å². The van der Waals surface area contributed by atoms with Crippen molar-refractivity contribution < 1.29 is 18.0 Å². The summed E-state index contributed by atoms with van der Waals surface area (Å²) in [6.07, 6.45) is 5.42. The maximum absolute atomic E-state index is 12.6. The zero-order valence-electron chi connectivity index (χ0n) is 17.9. The predicted octanol–water partition coefficient (Wildman–Crippen LogP) is 3.28. The van der Waals surface area contributed by atoms with Gasteiger partial charge < -0.3 is 10.6 Å². The Bertz CT molecular complexity index is 1040. The van der Waals surface area contributed by atoms with Crippen LogP contribution in [0.15, 0.2) is 47.4 Å². The average Bonchev–Trinajstić information content (AvgIpc) is 2.75. The van der Waals surface area contributed by atoms with Crippen molar-refractivity contribution in [3.05, 3.63) is 59.2 Å². The molecule has 0 heterocycles. The summed E-state index contributed by atoms with van der Waals surface area (Å²) in [5, 5.41) is 5.56. The SMILES string of the molecule is Cc1ccc(S(=O)(=O)Nc2ccc(C(=O)NCC(=O)NC3CCCCC3)cc2)cc1C. The Balaban J connectivity index is 1.54. The van der Waals surface area contributed by atoms with Crippen LogP contribution in [0.5, 0.6) is 0 Å². The van der Waals surface area contributed by atoms with Gasteiger partial charge in [0.25, 0.3) is 15.9 Å². The monoisotopic (exact) mass is 443 g/mol. The van der Waals surface area contributed by atoms with E-state index in [4.69, 9.17) is 0 Å². The Morgan fingerprint density at radius 1 is 0.935 bits per heavy atom. The van der Waals surface area contributed by atoms with Gasteiger partial charge in [-0.25, -0.2) is 8.42 Å². The first-order valence-electron chi connectivity index (χ1n) is 10.5. The van der Waals surface area contributed by atoms with Crippen LogP contribution in [-0.2, 0) is 14.8 Å². The van der Waals surface area contributed by atoms with Gasteiger partial charge in [0, 0.05) is 17.3 Å². The summed E-state index contributed by atoms with van der Waals surface area (Å²) < 4.78 is 27.7. The number of carbonyl (C=O) groups excluding carboxylic acids is 2. The first-order valence-corrected chi connectivity index (χ1v) is 12.0. The summed E-state index contributed by atoms with van der Waals surface area (Å²) in [5.74, 6) is -0.583. The number of amides is 2. The van der Waals surface area contributed by atoms with Crippen LogP contribution in [0.25, 0.3) is 0 Å². The van der Waals surface area contributed by atoms with Gasteiger partial charge in [-0.1, -0.05) is 25.3 Å². The van der Waals surface area contributed by atoms with E-state index in [9.17, 15) is 18.0 Å². The minimum atomic E-state index is -3.72. The molecular formula is C23H29N3O4S. The number of rotatable bonds is 7. The van der Waals surface area contributed by atoms with E-state index in [-0.39, 0.29) is 29.3 Å². The van der Waals surface area contributed by atoms with E-state index in [0.717, 1.165) is 36.8 Å². The normalized spacial score (nSPS) is 14.6. The van der Waals surface area contributed by atoms with Crippen molar-refractivity contribution in [2.45, 2.75) is 56.9 Å². The van der Waals surface area contributed by atoms with Crippen LogP contribution in [0, 0.1) is 13.8 Å². The highest BCUT2D eigenvalue weighted by Gasteiger charge is 2.17. The third-order valence-corrected chi connectivity index (χ3v) is 6.95. The lowest BCUT2D eigenvalue weighted by molar-refractivity contribution is -0.121. The molecule has 0 unspecified atom stereocenters. The molecule has 31 heavy (non-hydrogen) atoms. The van der Waals surface area contributed by atoms with Crippen LogP contribution >= 0.6 is 0 Å². The van der Waals surface area contributed by atoms with E-state index < -0.39 is 10.0 Å². The highest BCUT2D eigenvalue weighted by Crippen LogP contribution is 2.19. The van der Waals surface area contributed by atoms with E-state index >= 15 is 0 Å². The summed E-state index contributed by atoms with van der Waals surface area (Å²) in [5.41, 5.74) is 2.61. The predicted molar refractivity (Wildman–Crippen MR) is 121 cm³/mol. The highest BCUT2D eigenvalue weighted by atomic mass is 32.2. The first kappa shape index (κ1) is 22.8. The fourth-order valence-electron chi connectivity index (χ4n) is 3.57. The molecule has 1 aliphatic rings. The minimum Gasteiger partial charge on any atom is -0.352 e. The Morgan fingerprint density at radius 2 is 1.61 bits per heavy atom. The highest BCUT2D eigenvalue weighted by molar-refractivity contribution is 7.92. The van der Waals surface area contributed by atoms with Crippen molar-refractivity contribution in [2.75, 3.05) is 11.3 Å². The zero-order chi connectivity index (χ0) is 22.4. The van der Waals surface area contributed by atoms with Crippen molar-refractivity contribution in [2.24, 2.45) is 0 Å². The molecular weight excluding hydrogens is 414 g/mol. The maximum Gasteiger partial charge on any atom is 0.261 e. The van der Waals surface area contributed by atoms with Crippen molar-refractivity contribution in [3.8, 4) is 0 Å². The second kappa shape index (κ2) is 9.96. The number of sulfonamides is 1. The third-order valence-electron chi connectivity index (χ3n) is 5.57. The molecule has 0 saturated heterocycles. The summed E-state index contributed by atoms with van der Waals surface area (Å²) in [4.78, 5) is 24.5. The van der Waals surface area contributed by atoms with Crippen LogP contribution in [-0.4, -0.2) is 32.8 Å². The van der Waals surface area contributed by atoms with E-state index in [1.807, 2.05) is 13.8 Å². The lowest BCUT2D eigenvalue weighted by Crippen LogP contribution is -2.42. The van der Waals surface area contributed by atoms with Crippen LogP contribution < -0.4 is 15.4 Å². The molecule has 2 aromatic carbocycles. The number of aryl methyl sites for hydroxylation is 2. The quantitative estimate of drug-likeness (QED) is 0.611. The Hall–Kier alpha value is -2.87. The number of anilines is 1. The smallest absolute Gasteiger partial charge is 0.261 e. The largest absolute Gasteiger partial charge is 0.352 e. The average molecular weight is 444 g/mol. The molecule has 3 rings (SSSR count). The van der Waals surface area contributed by atoms with Gasteiger partial charge >= 0.3 is 0 Å². The lowest BCUT2D eigenvalue weighted by atomic mass is 9.95. The topological polar surface area (TPSA) is 104 Å². The summed E-state index contributed by atoms with van der Waals surface area (Å²) in [6.45, 7) is 3.69. The van der Waals surface area contributed by atoms with Crippen molar-refractivity contribution >= 4 is 27.5 Å². The maximum atomic E-state index is 12.6. The molecule has 1 fully saturated rings. The molecule has 0 aliphatic heterocycles. The van der Waals surface area contributed by atoms with Gasteiger partial charge in [-0.05, 0) is 74.2 Å². The van der Waals surface area contributed by atoms with Crippen molar-refractivity contribution in [1.82, 2.24) is 10.6 Å². The molecule has 1 aliphatic carbocycles. The van der Waals surface area contributed by atoms with Crippen molar-refractivity contribution in [3.63, 3.8) is 0 Å². The first-order chi connectivity index (χ1) is 14.7. The molecule has 2 aromatic rings. The van der Waals surface area contributed by atoms with Gasteiger partial charge in [0.15, 0.2) is 0 Å². The van der Waals surface area contributed by atoms with Crippen LogP contribution in [0.3, 0.4) is 0 Å².